The van der Waals surface area contributed by atoms with Crippen LogP contribution in [-0.4, -0.2) is 61.7 Å². The van der Waals surface area contributed by atoms with Crippen LogP contribution in [0.1, 0.15) is 50.7 Å². The van der Waals surface area contributed by atoms with E-state index in [0.29, 0.717) is 62.0 Å². The molecule has 0 bridgehead atoms. The van der Waals surface area contributed by atoms with Crippen LogP contribution < -0.4 is 9.47 Å². The Balaban J connectivity index is 1.41. The van der Waals surface area contributed by atoms with Crippen LogP contribution in [0.3, 0.4) is 0 Å². The lowest BCUT2D eigenvalue weighted by Crippen LogP contribution is -2.52. The summed E-state index contributed by atoms with van der Waals surface area (Å²) in [6.45, 7) is 7.56. The number of allylic oxidation sites excluding steroid dienone is 2. The van der Waals surface area contributed by atoms with Gasteiger partial charge in [0.25, 0.3) is 0 Å². The number of ether oxygens (including phenoxy) is 2. The van der Waals surface area contributed by atoms with Crippen molar-refractivity contribution >= 4 is 21.6 Å². The average molecular weight is 552 g/mol. The molecule has 3 aliphatic rings. The molecular weight excluding hydrogens is 514 g/mol. The molecule has 0 aromatic heterocycles. The van der Waals surface area contributed by atoms with Gasteiger partial charge < -0.3 is 9.47 Å². The minimum atomic E-state index is -3.58. The lowest BCUT2D eigenvalue weighted by molar-refractivity contribution is -0.141. The molecule has 9 heteroatoms. The third kappa shape index (κ3) is 5.47. The summed E-state index contributed by atoms with van der Waals surface area (Å²) in [6, 6.07) is 12.7. The van der Waals surface area contributed by atoms with Crippen molar-refractivity contribution in [2.75, 3.05) is 26.3 Å². The highest BCUT2D eigenvalue weighted by Crippen LogP contribution is 2.38. The molecule has 2 heterocycles. The highest BCUT2D eigenvalue weighted by Gasteiger charge is 2.43. The fourth-order valence-corrected chi connectivity index (χ4v) is 7.20. The number of carbonyl (C=O) groups is 1. The first kappa shape index (κ1) is 27.4. The highest BCUT2D eigenvalue weighted by atomic mass is 32.2. The van der Waals surface area contributed by atoms with E-state index in [0.717, 1.165) is 23.3 Å². The zero-order valence-corrected chi connectivity index (χ0v) is 23.7. The van der Waals surface area contributed by atoms with Crippen LogP contribution in [0.15, 0.2) is 64.6 Å². The van der Waals surface area contributed by atoms with Gasteiger partial charge in [-0.2, -0.15) is 9.41 Å². The van der Waals surface area contributed by atoms with Crippen molar-refractivity contribution in [1.82, 2.24) is 9.31 Å². The molecule has 0 unspecified atom stereocenters. The lowest BCUT2D eigenvalue weighted by atomic mass is 9.76. The first-order valence-corrected chi connectivity index (χ1v) is 15.3. The highest BCUT2D eigenvalue weighted by molar-refractivity contribution is 7.89. The van der Waals surface area contributed by atoms with E-state index in [1.165, 1.54) is 4.31 Å². The maximum Gasteiger partial charge on any atom is 0.247 e. The molecule has 2 aromatic carbocycles. The molecule has 2 aliphatic heterocycles. The van der Waals surface area contributed by atoms with Gasteiger partial charge in [0, 0.05) is 24.6 Å². The number of hydrazone groups is 1. The first-order valence-electron chi connectivity index (χ1n) is 13.9. The SMILES string of the molecule is CCOc1ccc(C2=NN(C3CCN(S(=O)(=O)c4ccc(C)cc4)CC3)C(=O)[C@@H]3CC=CC[C@H]23)cc1OCC. The molecule has 2 atom stereocenters. The Morgan fingerprint density at radius 1 is 0.897 bits per heavy atom. The maximum atomic E-state index is 13.7. The number of benzene rings is 2. The molecule has 1 fully saturated rings. The van der Waals surface area contributed by atoms with Gasteiger partial charge in [0.1, 0.15) is 0 Å². The van der Waals surface area contributed by atoms with Crippen molar-refractivity contribution in [2.45, 2.75) is 57.4 Å². The molecule has 0 N–H and O–H groups in total. The molecule has 1 aliphatic carbocycles. The van der Waals surface area contributed by atoms with Crippen molar-refractivity contribution in [3.63, 3.8) is 0 Å². The van der Waals surface area contributed by atoms with Crippen LogP contribution in [0, 0.1) is 18.8 Å². The van der Waals surface area contributed by atoms with E-state index >= 15 is 0 Å². The summed E-state index contributed by atoms with van der Waals surface area (Å²) in [6.07, 6.45) is 6.72. The van der Waals surface area contributed by atoms with Gasteiger partial charge in [-0.1, -0.05) is 29.8 Å². The molecule has 5 rings (SSSR count). The smallest absolute Gasteiger partial charge is 0.247 e. The van der Waals surface area contributed by atoms with E-state index in [9.17, 15) is 13.2 Å². The first-order chi connectivity index (χ1) is 18.8. The van der Waals surface area contributed by atoms with Gasteiger partial charge in [-0.25, -0.2) is 13.4 Å². The Bertz CT molecular complexity index is 1360. The summed E-state index contributed by atoms with van der Waals surface area (Å²) >= 11 is 0. The van der Waals surface area contributed by atoms with Gasteiger partial charge in [-0.3, -0.25) is 4.79 Å². The molecule has 208 valence electrons. The number of aryl methyl sites for hydroxylation is 1. The zero-order valence-electron chi connectivity index (χ0n) is 22.9. The van der Waals surface area contributed by atoms with Crippen molar-refractivity contribution in [3.8, 4) is 11.5 Å². The molecule has 2 aromatic rings. The van der Waals surface area contributed by atoms with Crippen molar-refractivity contribution in [2.24, 2.45) is 16.9 Å². The number of sulfonamides is 1. The molecular formula is C30H37N3O5S. The number of nitrogens with zero attached hydrogens (tertiary/aromatic N) is 3. The van der Waals surface area contributed by atoms with E-state index < -0.39 is 10.0 Å². The summed E-state index contributed by atoms with van der Waals surface area (Å²) < 4.78 is 39.6. The number of carbonyl (C=O) groups excluding carboxylic acids is 1. The molecule has 39 heavy (non-hydrogen) atoms. The van der Waals surface area contributed by atoms with Crippen molar-refractivity contribution in [1.29, 1.82) is 0 Å². The van der Waals surface area contributed by atoms with Crippen LogP contribution in [0.25, 0.3) is 0 Å². The van der Waals surface area contributed by atoms with Crippen LogP contribution in [0.2, 0.25) is 0 Å². The van der Waals surface area contributed by atoms with Gasteiger partial charge in [0.05, 0.1) is 35.8 Å². The second-order valence-corrected chi connectivity index (χ2v) is 12.2. The second-order valence-electron chi connectivity index (χ2n) is 10.3. The van der Waals surface area contributed by atoms with Gasteiger partial charge in [0.15, 0.2) is 11.5 Å². The third-order valence-electron chi connectivity index (χ3n) is 7.81. The van der Waals surface area contributed by atoms with Crippen molar-refractivity contribution in [3.05, 3.63) is 65.7 Å². The largest absolute Gasteiger partial charge is 0.490 e. The maximum absolute atomic E-state index is 13.7. The summed E-state index contributed by atoms with van der Waals surface area (Å²) in [7, 11) is -3.58. The Labute approximate surface area is 231 Å². The normalized spacial score (nSPS) is 22.4. The summed E-state index contributed by atoms with van der Waals surface area (Å²) in [5, 5.41) is 6.63. The zero-order chi connectivity index (χ0) is 27.6. The summed E-state index contributed by atoms with van der Waals surface area (Å²) in [4.78, 5) is 14.0. The summed E-state index contributed by atoms with van der Waals surface area (Å²) in [5.41, 5.74) is 2.81. The van der Waals surface area contributed by atoms with E-state index in [1.807, 2.05) is 51.1 Å². The molecule has 0 radical (unpaired) electrons. The Hall–Kier alpha value is -3.17. The molecule has 0 saturated carbocycles. The van der Waals surface area contributed by atoms with E-state index in [2.05, 4.69) is 12.2 Å². The van der Waals surface area contributed by atoms with E-state index in [1.54, 1.807) is 17.1 Å². The lowest BCUT2D eigenvalue weighted by Gasteiger charge is -2.42. The van der Waals surface area contributed by atoms with Crippen LogP contribution in [0.5, 0.6) is 11.5 Å². The van der Waals surface area contributed by atoms with Gasteiger partial charge in [-0.15, -0.1) is 0 Å². The van der Waals surface area contributed by atoms with E-state index in [4.69, 9.17) is 14.6 Å². The number of fused-ring (bicyclic) bond motifs is 1. The van der Waals surface area contributed by atoms with Crippen LogP contribution >= 0.6 is 0 Å². The van der Waals surface area contributed by atoms with Crippen LogP contribution in [0.4, 0.5) is 0 Å². The minimum absolute atomic E-state index is 0.00632. The van der Waals surface area contributed by atoms with Crippen molar-refractivity contribution < 1.29 is 22.7 Å². The van der Waals surface area contributed by atoms with Gasteiger partial charge in [0.2, 0.25) is 15.9 Å². The number of piperidine rings is 1. The molecule has 1 amide bonds. The Kier molecular flexibility index (Phi) is 8.09. The quantitative estimate of drug-likeness (QED) is 0.441. The fourth-order valence-electron chi connectivity index (χ4n) is 5.73. The van der Waals surface area contributed by atoms with E-state index in [-0.39, 0.29) is 23.8 Å². The Morgan fingerprint density at radius 3 is 2.21 bits per heavy atom. The predicted molar refractivity (Wildman–Crippen MR) is 150 cm³/mol. The molecule has 1 saturated heterocycles. The average Bonchev–Trinajstić information content (AvgIpc) is 2.95. The van der Waals surface area contributed by atoms with Crippen LogP contribution in [-0.2, 0) is 14.8 Å². The second kappa shape index (κ2) is 11.5. The Morgan fingerprint density at radius 2 is 1.54 bits per heavy atom. The molecule has 8 nitrogen and oxygen atoms in total. The number of rotatable bonds is 8. The predicted octanol–water partition coefficient (Wildman–Crippen LogP) is 4.77. The standard InChI is InChI=1S/C30H37N3O5S/c1-4-37-27-15-12-22(20-28(27)38-5-2)29-25-8-6-7-9-26(25)30(34)33(31-29)23-16-18-32(19-17-23)39(35,36)24-13-10-21(3)11-14-24/h6-7,10-15,20,23,25-26H,4-5,8-9,16-19H2,1-3H3/t25-,26+/m0/s1. The molecule has 0 spiro atoms. The number of hydrogen-bond donors (Lipinski definition) is 0. The monoisotopic (exact) mass is 551 g/mol. The fraction of sp³-hybridized carbons (Fsp3) is 0.467. The number of hydrogen-bond acceptors (Lipinski definition) is 6. The third-order valence-corrected chi connectivity index (χ3v) is 9.72. The van der Waals surface area contributed by atoms with Gasteiger partial charge in [-0.05, 0) is 76.8 Å². The summed E-state index contributed by atoms with van der Waals surface area (Å²) in [5.74, 6) is 1.20. The minimum Gasteiger partial charge on any atom is -0.490 e. The van der Waals surface area contributed by atoms with Gasteiger partial charge >= 0.3 is 0 Å². The number of amides is 1. The topological polar surface area (TPSA) is 88.5 Å².